The highest BCUT2D eigenvalue weighted by Gasteiger charge is 2.22. The maximum atomic E-state index is 11.6. The lowest BCUT2D eigenvalue weighted by Gasteiger charge is -2.18. The van der Waals surface area contributed by atoms with E-state index in [1.165, 1.54) is 7.11 Å². The lowest BCUT2D eigenvalue weighted by molar-refractivity contribution is 0.0563. The van der Waals surface area contributed by atoms with Crippen LogP contribution in [0.3, 0.4) is 0 Å². The molecular weight excluding hydrogens is 409 g/mol. The molecule has 0 rings (SSSR count). The Balaban J connectivity index is 4.15. The van der Waals surface area contributed by atoms with E-state index in [0.29, 0.717) is 0 Å². The van der Waals surface area contributed by atoms with Crippen LogP contribution in [0.1, 0.15) is 0 Å². The monoisotopic (exact) mass is 426 g/mol. The van der Waals surface area contributed by atoms with Crippen LogP contribution in [0.15, 0.2) is 0 Å². The van der Waals surface area contributed by atoms with Crippen LogP contribution in [0, 0.1) is 0 Å². The van der Waals surface area contributed by atoms with Gasteiger partial charge in [0.15, 0.2) is 0 Å². The molecule has 0 aromatic rings. The topological polar surface area (TPSA) is 130 Å². The van der Waals surface area contributed by atoms with Crippen molar-refractivity contribution in [1.82, 2.24) is 0 Å². The first-order valence-electron chi connectivity index (χ1n) is 5.46. The maximum absolute atomic E-state index is 11.6. The highest BCUT2D eigenvalue weighted by Crippen LogP contribution is 1.94. The van der Waals surface area contributed by atoms with Crippen molar-refractivity contribution in [3.05, 3.63) is 0 Å². The van der Waals surface area contributed by atoms with Crippen LogP contribution < -0.4 is 0 Å². The highest BCUT2D eigenvalue weighted by atomic mass is 29.2. The number of hydrogen-bond donors (Lipinski definition) is 2. The predicted octanol–water partition coefficient (Wildman–Crippen LogP) is -7.94. The van der Waals surface area contributed by atoms with Crippen LogP contribution in [-0.4, -0.2) is 97.8 Å². The molecule has 0 spiro atoms. The van der Waals surface area contributed by atoms with Gasteiger partial charge in [-0.05, 0) is 0 Å². The summed E-state index contributed by atoms with van der Waals surface area (Å²) in [6.07, 6.45) is 0. The summed E-state index contributed by atoms with van der Waals surface area (Å²) in [6, 6.07) is 0. The third-order valence-corrected chi connectivity index (χ3v) is 14.4. The van der Waals surface area contributed by atoms with Crippen molar-refractivity contribution < 1.29 is 44.1 Å². The minimum Gasteiger partial charge on any atom is -0.493 e. The molecule has 0 aliphatic heterocycles. The molecule has 20 heavy (non-hydrogen) atoms. The smallest absolute Gasteiger partial charge is 0.493 e. The van der Waals surface area contributed by atoms with Gasteiger partial charge in [0.05, 0.1) is 0 Å². The van der Waals surface area contributed by atoms with Crippen LogP contribution in [0.4, 0.5) is 0 Å². The van der Waals surface area contributed by atoms with Gasteiger partial charge in [0.1, 0.15) is 0 Å². The fourth-order valence-electron chi connectivity index (χ4n) is 0.941. The lowest BCUT2D eigenvalue weighted by atomic mass is 11.5. The second-order valence-corrected chi connectivity index (χ2v) is 18.1. The van der Waals surface area contributed by atoms with Crippen LogP contribution in [-0.2, 0) is 34.5 Å². The van der Waals surface area contributed by atoms with Gasteiger partial charge in [0, 0.05) is 7.11 Å². The average molecular weight is 427 g/mol. The quantitative estimate of drug-likeness (QED) is 0.157. The fraction of sp³-hybridized carbons (Fsp3) is 1.00. The molecule has 0 aliphatic carbocycles. The molecule has 0 aliphatic rings. The number of rotatable bonds is 14. The van der Waals surface area contributed by atoms with Gasteiger partial charge in [0.2, 0.25) is 15.7 Å². The van der Waals surface area contributed by atoms with E-state index in [1.54, 1.807) is 0 Å². The summed E-state index contributed by atoms with van der Waals surface area (Å²) >= 11 is 0. The molecule has 2 N–H and O–H groups in total. The first-order chi connectivity index (χ1) is 9.63. The lowest BCUT2D eigenvalue weighted by Crippen LogP contribution is -2.38. The second-order valence-electron chi connectivity index (χ2n) is 3.14. The van der Waals surface area contributed by atoms with Crippen LogP contribution in [0.25, 0.3) is 0 Å². The van der Waals surface area contributed by atoms with E-state index in [9.17, 15) is 8.92 Å². The van der Waals surface area contributed by atoms with Crippen molar-refractivity contribution in [2.24, 2.45) is 0 Å². The van der Waals surface area contributed by atoms with Crippen molar-refractivity contribution in [3.8, 4) is 0 Å². The summed E-state index contributed by atoms with van der Waals surface area (Å²) < 4.78 is 53.2. The van der Waals surface area contributed by atoms with E-state index in [0.717, 1.165) is 0 Å². The Kier molecular flexibility index (Phi) is 15.1. The van der Waals surface area contributed by atoms with Crippen molar-refractivity contribution in [3.63, 3.8) is 0 Å². The third-order valence-electron chi connectivity index (χ3n) is 1.61. The summed E-state index contributed by atoms with van der Waals surface area (Å²) in [5.41, 5.74) is 0. The summed E-state index contributed by atoms with van der Waals surface area (Å²) in [7, 11) is -11.6. The van der Waals surface area contributed by atoms with Gasteiger partial charge in [-0.15, -0.1) is 0 Å². The van der Waals surface area contributed by atoms with E-state index < -0.39 is 81.1 Å². The highest BCUT2D eigenvalue weighted by molar-refractivity contribution is 6.99. The molecule has 0 radical (unpaired) electrons. The molecule has 0 aromatic heterocycles. The maximum Gasteiger partial charge on any atom is 0.497 e. The molecule has 0 fully saturated rings. The zero-order chi connectivity index (χ0) is 15.2. The van der Waals surface area contributed by atoms with Gasteiger partial charge in [-0.2, -0.15) is 0 Å². The largest absolute Gasteiger partial charge is 0.497 e. The van der Waals surface area contributed by atoms with E-state index in [1.807, 2.05) is 0 Å². The van der Waals surface area contributed by atoms with E-state index in [2.05, 4.69) is 0 Å². The van der Waals surface area contributed by atoms with Gasteiger partial charge in [-0.1, -0.05) is 0 Å². The molecule has 1 atom stereocenters. The SMILES string of the molecule is CO[SiH2][Si](=O)OC(O[Si](=O)[SiH2]O[SiH2]O)[SiH2]O[SiH2]O[SiH2]O. The first-order valence-corrected chi connectivity index (χ1v) is 18.9. The summed E-state index contributed by atoms with van der Waals surface area (Å²) in [4.78, 5) is 17.2. The molecule has 0 aromatic carbocycles. The molecule has 0 saturated heterocycles. The van der Waals surface area contributed by atoms with E-state index in [4.69, 9.17) is 35.2 Å². The van der Waals surface area contributed by atoms with Gasteiger partial charge in [-0.25, -0.2) is 0 Å². The van der Waals surface area contributed by atoms with Gasteiger partial charge in [0.25, 0.3) is 48.6 Å². The standard InChI is InChI=1S/C2H18O10Si8/c1-7-17-19(5)8-2(13-10-16-11-14-3)9-20(6)18-12-15-4/h2-4H,13-18H2,1H3. The van der Waals surface area contributed by atoms with Crippen molar-refractivity contribution >= 4 is 75.2 Å². The van der Waals surface area contributed by atoms with Gasteiger partial charge in [-0.3, -0.25) is 0 Å². The first kappa shape index (κ1) is 20.7. The Morgan fingerprint density at radius 2 is 1.55 bits per heavy atom. The number of hydrogen-bond acceptors (Lipinski definition) is 10. The summed E-state index contributed by atoms with van der Waals surface area (Å²) in [5.74, 6) is -0.886. The van der Waals surface area contributed by atoms with E-state index >= 15 is 0 Å². The van der Waals surface area contributed by atoms with Gasteiger partial charge >= 0.3 is 16.9 Å². The van der Waals surface area contributed by atoms with Crippen molar-refractivity contribution in [1.29, 1.82) is 0 Å². The predicted molar refractivity (Wildman–Crippen MR) is 84.8 cm³/mol. The minimum absolute atomic E-state index is 0.886. The Bertz CT molecular complexity index is 276. The normalized spacial score (nSPS) is 15.6. The van der Waals surface area contributed by atoms with Crippen LogP contribution >= 0.6 is 0 Å². The molecular formula is C2H18O10Si8. The van der Waals surface area contributed by atoms with Crippen molar-refractivity contribution in [2.75, 3.05) is 7.11 Å². The van der Waals surface area contributed by atoms with Crippen molar-refractivity contribution in [2.45, 2.75) is 5.91 Å². The zero-order valence-corrected chi connectivity index (χ0v) is 21.5. The third kappa shape index (κ3) is 12.4. The van der Waals surface area contributed by atoms with E-state index in [-0.39, 0.29) is 0 Å². The molecule has 1 unspecified atom stereocenters. The summed E-state index contributed by atoms with van der Waals surface area (Å²) in [5, 5.41) is 0. The molecule has 10 nitrogen and oxygen atoms in total. The average Bonchev–Trinajstić information content (AvgIpc) is 2.41. The Labute approximate surface area is 132 Å². The molecule has 118 valence electrons. The van der Waals surface area contributed by atoms with Crippen LogP contribution in [0.5, 0.6) is 0 Å². The molecule has 0 bridgehead atoms. The minimum atomic E-state index is -2.40. The Hall–Kier alpha value is 0.695. The second kappa shape index (κ2) is 14.6. The Morgan fingerprint density at radius 3 is 2.10 bits per heavy atom. The Morgan fingerprint density at radius 1 is 0.950 bits per heavy atom. The summed E-state index contributed by atoms with van der Waals surface area (Å²) in [6.45, 7) is 0. The van der Waals surface area contributed by atoms with Gasteiger partial charge < -0.3 is 44.1 Å². The zero-order valence-electron chi connectivity index (χ0n) is 11.0. The molecule has 18 heteroatoms. The fourth-order valence-corrected chi connectivity index (χ4v) is 13.7. The van der Waals surface area contributed by atoms with Crippen LogP contribution in [0.2, 0.25) is 0 Å². The molecule has 0 amide bonds. The molecule has 0 saturated carbocycles. The molecule has 0 heterocycles.